The van der Waals surface area contributed by atoms with Crippen molar-refractivity contribution >= 4 is 28.9 Å². The lowest BCUT2D eigenvalue weighted by atomic mass is 10.0. The Labute approximate surface area is 260 Å². The van der Waals surface area contributed by atoms with Crippen LogP contribution in [0.3, 0.4) is 0 Å². The van der Waals surface area contributed by atoms with E-state index in [2.05, 4.69) is 80.6 Å². The zero-order valence-electron chi connectivity index (χ0n) is 25.4. The van der Waals surface area contributed by atoms with Gasteiger partial charge in [-0.2, -0.15) is 0 Å². The van der Waals surface area contributed by atoms with Crippen molar-refractivity contribution in [1.82, 2.24) is 0 Å². The summed E-state index contributed by atoms with van der Waals surface area (Å²) in [6.45, 7) is 4.54. The van der Waals surface area contributed by atoms with Gasteiger partial charge in [0.05, 0.1) is 0 Å². The molecule has 0 aliphatic carbocycles. The van der Waals surface area contributed by atoms with E-state index >= 15 is 0 Å². The van der Waals surface area contributed by atoms with Crippen LogP contribution in [0.4, 0.5) is 0 Å². The summed E-state index contributed by atoms with van der Waals surface area (Å²) in [6.07, 6.45) is 18.7. The third kappa shape index (κ3) is 14.3. The Bertz CT molecular complexity index is 1090. The highest BCUT2D eigenvalue weighted by atomic mass is 32.9. The highest BCUT2D eigenvalue weighted by molar-refractivity contribution is 8.68. The monoisotopic (exact) mass is 610 g/mol. The van der Waals surface area contributed by atoms with Crippen LogP contribution in [0.1, 0.15) is 108 Å². The fourth-order valence-electron chi connectivity index (χ4n) is 4.98. The molecule has 5 heteroatoms. The third-order valence-electron chi connectivity index (χ3n) is 7.35. The predicted molar refractivity (Wildman–Crippen MR) is 185 cm³/mol. The molecular weight excluding hydrogens is 560 g/mol. The van der Waals surface area contributed by atoms with Gasteiger partial charge in [0.15, 0.2) is 0 Å². The number of hydrogen-bond acceptors (Lipinski definition) is 4. The highest BCUT2D eigenvalue weighted by Gasteiger charge is 2.24. The van der Waals surface area contributed by atoms with E-state index in [1.165, 1.54) is 93.7 Å². The van der Waals surface area contributed by atoms with Gasteiger partial charge in [0, 0.05) is 5.75 Å². The first kappa shape index (κ1) is 33.8. The van der Waals surface area contributed by atoms with Gasteiger partial charge in [0.2, 0.25) is 0 Å². The van der Waals surface area contributed by atoms with Crippen molar-refractivity contribution in [3.05, 3.63) is 95.6 Å². The molecule has 0 unspecified atom stereocenters. The zero-order chi connectivity index (χ0) is 29.0. The van der Waals surface area contributed by atoms with Gasteiger partial charge >= 0.3 is 5.69 Å². The van der Waals surface area contributed by atoms with Gasteiger partial charge in [-0.05, 0) is 96.2 Å². The summed E-state index contributed by atoms with van der Waals surface area (Å²) in [5.74, 6) is 2.51. The molecule has 3 rings (SSSR count). The minimum Gasteiger partial charge on any atom is -0.428 e. The first-order chi connectivity index (χ1) is 20.1. The van der Waals surface area contributed by atoms with Crippen LogP contribution in [0.25, 0.3) is 0 Å². The van der Waals surface area contributed by atoms with Crippen LogP contribution in [-0.4, -0.2) is 5.75 Å². The molecule has 0 saturated heterocycles. The Morgan fingerprint density at radius 1 is 0.537 bits per heavy atom. The Hall–Kier alpha value is -1.74. The van der Waals surface area contributed by atoms with Crippen LogP contribution >= 0.6 is 17.1 Å². The quantitative estimate of drug-likeness (QED) is 0.0832. The maximum Gasteiger partial charge on any atom is 0.348 e. The summed E-state index contributed by atoms with van der Waals surface area (Å²) < 4.78 is 13.2. The van der Waals surface area contributed by atoms with E-state index < -0.39 is 5.69 Å². The number of benzene rings is 3. The van der Waals surface area contributed by atoms with Gasteiger partial charge in [0.25, 0.3) is 0 Å². The van der Waals surface area contributed by atoms with Crippen LogP contribution in [-0.2, 0) is 31.1 Å². The molecule has 0 N–H and O–H groups in total. The van der Waals surface area contributed by atoms with Crippen LogP contribution in [0, 0.1) is 0 Å². The van der Waals surface area contributed by atoms with Crippen molar-refractivity contribution < 1.29 is 9.05 Å². The molecule has 0 amide bonds. The molecule has 0 atom stereocenters. The van der Waals surface area contributed by atoms with Crippen LogP contribution in [0.5, 0.6) is 11.5 Å². The number of hydrogen-bond donors (Lipinski definition) is 0. The van der Waals surface area contributed by atoms with E-state index in [-0.39, 0.29) is 0 Å². The standard InChI is InChI=1S/C36H51O2PS2/c1-3-5-7-9-11-14-22-33-24-18-26-35(30-33)37-39(40,41-29-28-32-20-16-13-17-21-32)38-36-27-19-25-34(31-36)23-15-12-10-8-6-4-2/h13,16-21,24-27,30-31H,3-12,14-15,22-23,28-29H2,1-2H3. The van der Waals surface area contributed by atoms with Gasteiger partial charge in [-0.15, -0.1) is 0 Å². The second kappa shape index (κ2) is 20.2. The molecule has 0 heterocycles. The zero-order valence-corrected chi connectivity index (χ0v) is 27.9. The molecule has 0 aromatic heterocycles. The first-order valence-corrected chi connectivity index (χ1v) is 20.2. The van der Waals surface area contributed by atoms with Crippen molar-refractivity contribution in [3.63, 3.8) is 0 Å². The largest absolute Gasteiger partial charge is 0.428 e. The summed E-state index contributed by atoms with van der Waals surface area (Å²) in [5.41, 5.74) is 1.26. The molecule has 3 aromatic carbocycles. The second-order valence-corrected chi connectivity index (χ2v) is 17.3. The molecule has 0 radical (unpaired) electrons. The molecule has 0 spiro atoms. The van der Waals surface area contributed by atoms with E-state index in [1.807, 2.05) is 12.1 Å². The molecule has 3 aromatic rings. The van der Waals surface area contributed by atoms with Crippen molar-refractivity contribution in [2.24, 2.45) is 0 Å². The molecule has 0 aliphatic rings. The lowest BCUT2D eigenvalue weighted by molar-refractivity contribution is 0.505. The molecule has 224 valence electrons. The fourth-order valence-corrected chi connectivity index (χ4v) is 9.39. The highest BCUT2D eigenvalue weighted by Crippen LogP contribution is 2.60. The topological polar surface area (TPSA) is 18.5 Å². The summed E-state index contributed by atoms with van der Waals surface area (Å²) in [5, 5.41) is 0. The average molecular weight is 611 g/mol. The van der Waals surface area contributed by atoms with E-state index in [0.717, 1.165) is 36.5 Å². The van der Waals surface area contributed by atoms with Crippen molar-refractivity contribution in [2.45, 2.75) is 110 Å². The van der Waals surface area contributed by atoms with Crippen molar-refractivity contribution in [2.75, 3.05) is 5.75 Å². The van der Waals surface area contributed by atoms with Gasteiger partial charge in [-0.25, -0.2) is 0 Å². The van der Waals surface area contributed by atoms with Crippen molar-refractivity contribution in [1.29, 1.82) is 0 Å². The minimum atomic E-state index is -2.68. The Balaban J connectivity index is 1.63. The number of unbranched alkanes of at least 4 members (excludes halogenated alkanes) is 10. The lowest BCUT2D eigenvalue weighted by Gasteiger charge is -2.23. The van der Waals surface area contributed by atoms with Gasteiger partial charge in [-0.3, -0.25) is 0 Å². The second-order valence-electron chi connectivity index (χ2n) is 11.0. The maximum absolute atomic E-state index is 6.59. The van der Waals surface area contributed by atoms with E-state index in [1.54, 1.807) is 11.4 Å². The molecule has 0 aliphatic heterocycles. The average Bonchev–Trinajstić information content (AvgIpc) is 2.97. The summed E-state index contributed by atoms with van der Waals surface area (Å²) >= 11 is 7.85. The first-order valence-electron chi connectivity index (χ1n) is 16.0. The molecule has 0 saturated carbocycles. The SMILES string of the molecule is CCCCCCCCc1cccc(OP(=S)(Oc2cccc(CCCCCCCC)c2)SCCc2ccccc2)c1. The Morgan fingerprint density at radius 2 is 1.00 bits per heavy atom. The Morgan fingerprint density at radius 3 is 1.51 bits per heavy atom. The maximum atomic E-state index is 6.59. The summed E-state index contributed by atoms with van der Waals surface area (Å²) in [6, 6.07) is 27.6. The van der Waals surface area contributed by atoms with Crippen LogP contribution in [0.2, 0.25) is 0 Å². The lowest BCUT2D eigenvalue weighted by Crippen LogP contribution is -2.01. The van der Waals surface area contributed by atoms with Crippen LogP contribution < -0.4 is 9.05 Å². The molecule has 41 heavy (non-hydrogen) atoms. The van der Waals surface area contributed by atoms with E-state index in [0.29, 0.717) is 0 Å². The smallest absolute Gasteiger partial charge is 0.348 e. The van der Waals surface area contributed by atoms with Crippen molar-refractivity contribution in [3.8, 4) is 11.5 Å². The van der Waals surface area contributed by atoms with Gasteiger partial charge in [0.1, 0.15) is 11.5 Å². The van der Waals surface area contributed by atoms with E-state index in [9.17, 15) is 0 Å². The Kier molecular flexibility index (Phi) is 16.6. The van der Waals surface area contributed by atoms with E-state index in [4.69, 9.17) is 20.9 Å². The summed E-state index contributed by atoms with van der Waals surface area (Å²) in [7, 11) is 0. The minimum absolute atomic E-state index is 0.826. The van der Waals surface area contributed by atoms with Gasteiger partial charge < -0.3 is 9.05 Å². The van der Waals surface area contributed by atoms with Gasteiger partial charge in [-0.1, -0.05) is 133 Å². The fraction of sp³-hybridized carbons (Fsp3) is 0.500. The molecule has 0 fully saturated rings. The molecule has 0 bridgehead atoms. The third-order valence-corrected chi connectivity index (χ3v) is 12.3. The molecule has 2 nitrogen and oxygen atoms in total. The molecular formula is C36H51O2PS2. The summed E-state index contributed by atoms with van der Waals surface area (Å²) in [4.78, 5) is 0. The predicted octanol–water partition coefficient (Wildman–Crippen LogP) is 12.2. The number of rotatable bonds is 22. The van der Waals surface area contributed by atoms with Crippen LogP contribution in [0.15, 0.2) is 78.9 Å². The number of aryl methyl sites for hydroxylation is 3. The normalized spacial score (nSPS) is 11.5.